The average molecular weight is 449 g/mol. The lowest BCUT2D eigenvalue weighted by Gasteiger charge is -2.23. The molecule has 0 aliphatic carbocycles. The molecule has 4 rings (SSSR count). The van der Waals surface area contributed by atoms with Gasteiger partial charge in [0.1, 0.15) is 5.02 Å². The maximum atomic E-state index is 12.8. The van der Waals surface area contributed by atoms with Crippen LogP contribution in [0, 0.1) is 0 Å². The van der Waals surface area contributed by atoms with Gasteiger partial charge >= 0.3 is 6.18 Å². The van der Waals surface area contributed by atoms with Crippen LogP contribution >= 0.6 is 11.6 Å². The monoisotopic (exact) mass is 448 g/mol. The van der Waals surface area contributed by atoms with Crippen molar-refractivity contribution in [3.8, 4) is 5.82 Å². The predicted molar refractivity (Wildman–Crippen MR) is 113 cm³/mol. The number of benzene rings is 1. The zero-order valence-corrected chi connectivity index (χ0v) is 17.3. The number of hydrogen-bond acceptors (Lipinski definition) is 4. The van der Waals surface area contributed by atoms with Crippen molar-refractivity contribution >= 4 is 17.3 Å². The number of alkyl halides is 3. The fourth-order valence-corrected chi connectivity index (χ4v) is 4.13. The van der Waals surface area contributed by atoms with Gasteiger partial charge in [0.25, 0.3) is 5.56 Å². The number of nitrogens with zero attached hydrogens (tertiary/aromatic N) is 4. The molecule has 0 spiro atoms. The summed E-state index contributed by atoms with van der Waals surface area (Å²) in [6.07, 6.45) is 0.549. The summed E-state index contributed by atoms with van der Waals surface area (Å²) in [6, 6.07) is 12.3. The molecule has 31 heavy (non-hydrogen) atoms. The molecule has 1 aromatic carbocycles. The van der Waals surface area contributed by atoms with Gasteiger partial charge in [-0.2, -0.15) is 23.0 Å². The molecule has 162 valence electrons. The van der Waals surface area contributed by atoms with Crippen LogP contribution in [-0.4, -0.2) is 27.9 Å². The lowest BCUT2D eigenvalue weighted by molar-refractivity contribution is -0.137. The summed E-state index contributed by atoms with van der Waals surface area (Å²) in [5.74, 6) is 0.418. The predicted octanol–water partition coefficient (Wildman–Crippen LogP) is 5.07. The van der Waals surface area contributed by atoms with E-state index in [1.54, 1.807) is 0 Å². The average Bonchev–Trinajstić information content (AvgIpc) is 3.02. The summed E-state index contributed by atoms with van der Waals surface area (Å²) in [5, 5.41) is 4.10. The van der Waals surface area contributed by atoms with Crippen LogP contribution in [0.25, 0.3) is 5.82 Å². The van der Waals surface area contributed by atoms with Crippen molar-refractivity contribution in [1.82, 2.24) is 14.8 Å². The van der Waals surface area contributed by atoms with Crippen molar-refractivity contribution in [2.45, 2.75) is 31.4 Å². The Morgan fingerprint density at radius 3 is 2.45 bits per heavy atom. The van der Waals surface area contributed by atoms with Crippen LogP contribution in [-0.2, 0) is 6.18 Å². The third kappa shape index (κ3) is 4.58. The normalized spacial score (nSPS) is 17.4. The van der Waals surface area contributed by atoms with E-state index in [0.717, 1.165) is 49.2 Å². The third-order valence-corrected chi connectivity index (χ3v) is 5.89. The minimum absolute atomic E-state index is 0.0186. The van der Waals surface area contributed by atoms with E-state index in [0.29, 0.717) is 17.8 Å². The number of aromatic nitrogens is 3. The molecule has 0 amide bonds. The molecule has 1 aliphatic rings. The van der Waals surface area contributed by atoms with E-state index in [2.05, 4.69) is 22.2 Å². The van der Waals surface area contributed by atoms with Gasteiger partial charge in [-0.15, -0.1) is 0 Å². The number of rotatable bonds is 3. The molecule has 1 saturated heterocycles. The van der Waals surface area contributed by atoms with E-state index >= 15 is 0 Å². The molecule has 0 radical (unpaired) electrons. The van der Waals surface area contributed by atoms with Crippen molar-refractivity contribution in [2.75, 3.05) is 18.0 Å². The van der Waals surface area contributed by atoms with Crippen LogP contribution in [0.1, 0.15) is 36.3 Å². The fourth-order valence-electron chi connectivity index (χ4n) is 3.88. The van der Waals surface area contributed by atoms with Crippen LogP contribution < -0.4 is 10.5 Å². The summed E-state index contributed by atoms with van der Waals surface area (Å²) in [5.41, 5.74) is 0.320. The number of anilines is 1. The maximum absolute atomic E-state index is 12.8. The van der Waals surface area contributed by atoms with Crippen LogP contribution in [0.15, 0.2) is 59.7 Å². The first-order valence-electron chi connectivity index (χ1n) is 9.96. The summed E-state index contributed by atoms with van der Waals surface area (Å²) in [7, 11) is 0. The number of pyridine rings is 1. The summed E-state index contributed by atoms with van der Waals surface area (Å²) < 4.78 is 39.1. The standard InChI is InChI=1S/C22H20ClF3N4O/c23-20-18(29-11-4-7-16(10-12-29)15-5-2-1-3-6-15)14-28-30(21(20)31)19-9-8-17(13-27-19)22(24,25)26/h1-3,5-6,8-9,13-14,16H,4,7,10-12H2. The van der Waals surface area contributed by atoms with Gasteiger partial charge < -0.3 is 4.90 Å². The van der Waals surface area contributed by atoms with Gasteiger partial charge in [0, 0.05) is 19.3 Å². The van der Waals surface area contributed by atoms with Crippen LogP contribution in [0.2, 0.25) is 5.02 Å². The molecule has 3 heterocycles. The zero-order chi connectivity index (χ0) is 22.0. The second-order valence-corrected chi connectivity index (χ2v) is 7.87. The molecule has 0 saturated carbocycles. The van der Waals surface area contributed by atoms with E-state index < -0.39 is 17.3 Å². The van der Waals surface area contributed by atoms with Gasteiger partial charge in [0.2, 0.25) is 0 Å². The lowest BCUT2D eigenvalue weighted by Crippen LogP contribution is -2.30. The van der Waals surface area contributed by atoms with Crippen LogP contribution in [0.3, 0.4) is 0 Å². The minimum Gasteiger partial charge on any atom is -0.369 e. The van der Waals surface area contributed by atoms with Gasteiger partial charge in [-0.1, -0.05) is 41.9 Å². The Morgan fingerprint density at radius 2 is 1.77 bits per heavy atom. The SMILES string of the molecule is O=c1c(Cl)c(N2CCCC(c3ccccc3)CC2)cnn1-c1ccc(C(F)(F)F)cn1. The Labute approximate surface area is 182 Å². The fraction of sp³-hybridized carbons (Fsp3) is 0.318. The largest absolute Gasteiger partial charge is 0.417 e. The van der Waals surface area contributed by atoms with E-state index in [-0.39, 0.29) is 10.8 Å². The number of halogens is 4. The quantitative estimate of drug-likeness (QED) is 0.561. The second-order valence-electron chi connectivity index (χ2n) is 7.49. The highest BCUT2D eigenvalue weighted by molar-refractivity contribution is 6.33. The highest BCUT2D eigenvalue weighted by Gasteiger charge is 2.31. The Kier molecular flexibility index (Phi) is 6.00. The molecule has 9 heteroatoms. The lowest BCUT2D eigenvalue weighted by atomic mass is 9.92. The van der Waals surface area contributed by atoms with Crippen LogP contribution in [0.4, 0.5) is 18.9 Å². The van der Waals surface area contributed by atoms with Crippen molar-refractivity contribution in [1.29, 1.82) is 0 Å². The first kappa shape index (κ1) is 21.4. The van der Waals surface area contributed by atoms with Gasteiger partial charge in [-0.3, -0.25) is 4.79 Å². The molecule has 1 unspecified atom stereocenters. The van der Waals surface area contributed by atoms with Gasteiger partial charge in [-0.05, 0) is 42.9 Å². The van der Waals surface area contributed by atoms with Gasteiger partial charge in [0.05, 0.1) is 17.4 Å². The highest BCUT2D eigenvalue weighted by Crippen LogP contribution is 2.32. The molecule has 0 bridgehead atoms. The summed E-state index contributed by atoms with van der Waals surface area (Å²) in [4.78, 5) is 18.5. The molecular formula is C22H20ClF3N4O. The Morgan fingerprint density at radius 1 is 1.00 bits per heavy atom. The van der Waals surface area contributed by atoms with Crippen molar-refractivity contribution in [3.63, 3.8) is 0 Å². The van der Waals surface area contributed by atoms with E-state index in [4.69, 9.17) is 11.6 Å². The first-order chi connectivity index (χ1) is 14.8. The van der Waals surface area contributed by atoms with Crippen molar-refractivity contribution in [2.24, 2.45) is 0 Å². The van der Waals surface area contributed by atoms with Crippen molar-refractivity contribution < 1.29 is 13.2 Å². The second kappa shape index (κ2) is 8.70. The molecule has 1 fully saturated rings. The van der Waals surface area contributed by atoms with E-state index in [1.165, 1.54) is 11.8 Å². The minimum atomic E-state index is -4.50. The summed E-state index contributed by atoms with van der Waals surface area (Å²) >= 11 is 6.37. The topological polar surface area (TPSA) is 51.0 Å². The van der Waals surface area contributed by atoms with E-state index in [9.17, 15) is 18.0 Å². The van der Waals surface area contributed by atoms with Gasteiger partial charge in [-0.25, -0.2) is 4.98 Å². The molecular weight excluding hydrogens is 429 g/mol. The Balaban J connectivity index is 1.55. The maximum Gasteiger partial charge on any atom is 0.417 e. The molecule has 5 nitrogen and oxygen atoms in total. The molecule has 3 aromatic rings. The zero-order valence-electron chi connectivity index (χ0n) is 16.5. The van der Waals surface area contributed by atoms with Gasteiger partial charge in [0.15, 0.2) is 5.82 Å². The smallest absolute Gasteiger partial charge is 0.369 e. The van der Waals surface area contributed by atoms with E-state index in [1.807, 2.05) is 23.1 Å². The Bertz CT molecular complexity index is 1100. The third-order valence-electron chi connectivity index (χ3n) is 5.53. The molecule has 0 N–H and O–H groups in total. The molecule has 1 atom stereocenters. The molecule has 2 aromatic heterocycles. The number of hydrogen-bond donors (Lipinski definition) is 0. The first-order valence-corrected chi connectivity index (χ1v) is 10.3. The summed E-state index contributed by atoms with van der Waals surface area (Å²) in [6.45, 7) is 1.47. The Hall–Kier alpha value is -2.87. The highest BCUT2D eigenvalue weighted by atomic mass is 35.5. The molecule has 1 aliphatic heterocycles. The van der Waals surface area contributed by atoms with Crippen LogP contribution in [0.5, 0.6) is 0 Å². The van der Waals surface area contributed by atoms with Crippen molar-refractivity contribution in [3.05, 3.63) is 81.4 Å².